The molecule has 4 heterocycles. The zero-order valence-electron chi connectivity index (χ0n) is 22.7. The van der Waals surface area contributed by atoms with E-state index in [1.807, 2.05) is 29.3 Å². The van der Waals surface area contributed by atoms with Gasteiger partial charge in [0.05, 0.1) is 6.10 Å². The Morgan fingerprint density at radius 3 is 2.74 bits per heavy atom. The molecule has 1 amide bonds. The summed E-state index contributed by atoms with van der Waals surface area (Å²) in [4.78, 5) is 40.4. The Labute approximate surface area is 245 Å². The zero-order valence-corrected chi connectivity index (χ0v) is 24.5. The van der Waals surface area contributed by atoms with Crippen molar-refractivity contribution >= 4 is 31.5 Å². The number of pyridine rings is 1. The molecule has 3 aliphatic rings. The van der Waals surface area contributed by atoms with Crippen LogP contribution in [0.3, 0.4) is 0 Å². The first-order valence-corrected chi connectivity index (χ1v) is 15.4. The van der Waals surface area contributed by atoms with Crippen molar-refractivity contribution in [1.82, 2.24) is 9.58 Å². The summed E-state index contributed by atoms with van der Waals surface area (Å²) in [6.45, 7) is 3.27. The number of ether oxygens (including phenoxy) is 4. The molecule has 0 N–H and O–H groups in total. The molecule has 0 saturated carbocycles. The van der Waals surface area contributed by atoms with Gasteiger partial charge in [0.2, 0.25) is 0 Å². The van der Waals surface area contributed by atoms with E-state index in [4.69, 9.17) is 18.9 Å². The van der Waals surface area contributed by atoms with Crippen LogP contribution in [0.4, 0.5) is 13.6 Å². The van der Waals surface area contributed by atoms with E-state index in [-0.39, 0.29) is 51.7 Å². The van der Waals surface area contributed by atoms with Gasteiger partial charge in [-0.2, -0.15) is 0 Å². The Balaban J connectivity index is 1.52. The molecular weight excluding hydrogens is 619 g/mol. The van der Waals surface area contributed by atoms with Crippen LogP contribution in [-0.4, -0.2) is 75.4 Å². The summed E-state index contributed by atoms with van der Waals surface area (Å²) in [6, 6.07) is 11.0. The summed E-state index contributed by atoms with van der Waals surface area (Å²) in [5, 5.41) is 2.19. The van der Waals surface area contributed by atoms with Gasteiger partial charge in [0.1, 0.15) is 0 Å². The maximum absolute atomic E-state index is 15.3. The molecule has 220 valence electrons. The average molecular weight is 647 g/mol. The number of carbonyl (C=O) groups is 2. The van der Waals surface area contributed by atoms with E-state index in [2.05, 4.69) is 0 Å². The van der Waals surface area contributed by atoms with E-state index in [0.717, 1.165) is 16.1 Å². The van der Waals surface area contributed by atoms with Crippen LogP contribution in [0.25, 0.3) is 0 Å². The molecular formula is C29H27F2N3O7Se. The first-order chi connectivity index (χ1) is 20.3. The van der Waals surface area contributed by atoms with Gasteiger partial charge in [-0.25, -0.2) is 0 Å². The van der Waals surface area contributed by atoms with E-state index < -0.39 is 54.2 Å². The minimum atomic E-state index is -0.987. The summed E-state index contributed by atoms with van der Waals surface area (Å²) in [7, 11) is 0. The van der Waals surface area contributed by atoms with Crippen molar-refractivity contribution in [1.29, 1.82) is 0 Å². The number of nitrogens with zero attached hydrogens (tertiary/aromatic N) is 3. The molecule has 0 aliphatic carbocycles. The predicted molar refractivity (Wildman–Crippen MR) is 146 cm³/mol. The van der Waals surface area contributed by atoms with Crippen molar-refractivity contribution in [2.75, 3.05) is 31.6 Å². The van der Waals surface area contributed by atoms with Gasteiger partial charge in [-0.15, -0.1) is 0 Å². The predicted octanol–water partition coefficient (Wildman–Crippen LogP) is 2.41. The molecule has 3 aliphatic heterocycles. The monoisotopic (exact) mass is 647 g/mol. The Bertz CT molecular complexity index is 1610. The van der Waals surface area contributed by atoms with Crippen molar-refractivity contribution < 1.29 is 37.3 Å². The van der Waals surface area contributed by atoms with Crippen LogP contribution < -0.4 is 19.6 Å². The summed E-state index contributed by atoms with van der Waals surface area (Å²) in [6.07, 6.45) is -0.596. The second kappa shape index (κ2) is 11.4. The van der Waals surface area contributed by atoms with E-state index in [9.17, 15) is 18.8 Å². The van der Waals surface area contributed by atoms with E-state index >= 15 is 4.39 Å². The molecule has 2 atom stereocenters. The molecule has 13 heteroatoms. The molecule has 2 aromatic carbocycles. The third-order valence-corrected chi connectivity index (χ3v) is 9.59. The van der Waals surface area contributed by atoms with Crippen molar-refractivity contribution in [3.05, 3.63) is 92.9 Å². The van der Waals surface area contributed by atoms with Crippen LogP contribution in [0.2, 0.25) is 0 Å². The number of hydrogen-bond donors (Lipinski definition) is 0. The third kappa shape index (κ3) is 4.91. The summed E-state index contributed by atoms with van der Waals surface area (Å²) in [5.74, 6) is -2.62. The Morgan fingerprint density at radius 1 is 1.12 bits per heavy atom. The van der Waals surface area contributed by atoms with Gasteiger partial charge in [-0.1, -0.05) is 0 Å². The second-order valence-electron chi connectivity index (χ2n) is 10.1. The fourth-order valence-electron chi connectivity index (χ4n) is 5.47. The fraction of sp³-hybridized carbons (Fsp3) is 0.345. The Morgan fingerprint density at radius 2 is 1.93 bits per heavy atom. The van der Waals surface area contributed by atoms with Crippen molar-refractivity contribution in [2.45, 2.75) is 37.5 Å². The standard InChI is InChI=1S/C29H27F2N3O7Se/c1-16(2)41-29(37)40-15-39-27-21(35)9-10-33-26(27)28(36)32-11-12-38-13-23(32)34(33)25-17-7-8-20(30)24(31)19(17)14-42-22-6-4-3-5-18(22)25/h3-10,16,23,25H,11-15H2,1-2H3/t23-,25+/m1/s1. The van der Waals surface area contributed by atoms with E-state index in [0.29, 0.717) is 10.9 Å². The average Bonchev–Trinajstić information content (AvgIpc) is 3.13. The van der Waals surface area contributed by atoms with Crippen LogP contribution >= 0.6 is 0 Å². The van der Waals surface area contributed by atoms with Crippen LogP contribution in [-0.2, 0) is 19.5 Å². The van der Waals surface area contributed by atoms with Crippen molar-refractivity contribution in [3.8, 4) is 5.75 Å². The molecule has 42 heavy (non-hydrogen) atoms. The molecule has 6 rings (SSSR count). The van der Waals surface area contributed by atoms with Crippen molar-refractivity contribution in [2.24, 2.45) is 0 Å². The molecule has 1 fully saturated rings. The number of morpholine rings is 1. The maximum atomic E-state index is 15.3. The Kier molecular flexibility index (Phi) is 7.65. The van der Waals surface area contributed by atoms with Gasteiger partial charge >= 0.3 is 226 Å². The summed E-state index contributed by atoms with van der Waals surface area (Å²) >= 11 is -0.203. The third-order valence-electron chi connectivity index (χ3n) is 7.24. The van der Waals surface area contributed by atoms with Crippen LogP contribution in [0.15, 0.2) is 53.5 Å². The molecule has 1 saturated heterocycles. The van der Waals surface area contributed by atoms with Crippen molar-refractivity contribution in [3.63, 3.8) is 0 Å². The number of fused-ring (bicyclic) bond motifs is 4. The van der Waals surface area contributed by atoms with Gasteiger partial charge < -0.3 is 0 Å². The quantitative estimate of drug-likeness (QED) is 0.237. The van der Waals surface area contributed by atoms with Gasteiger partial charge in [0.25, 0.3) is 0 Å². The first-order valence-electron chi connectivity index (χ1n) is 13.3. The van der Waals surface area contributed by atoms with E-state index in [1.165, 1.54) is 16.9 Å². The SMILES string of the molecule is CC(C)OC(=O)OCOc1c2n(ccc1=O)N([C@@H]1c3ccccc3[Se]Cc3c1ccc(F)c3F)[C@@H]1COCCN1C2=O. The minimum absolute atomic E-state index is 0.0853. The van der Waals surface area contributed by atoms with Crippen LogP contribution in [0.5, 0.6) is 5.75 Å². The normalized spacial score (nSPS) is 19.3. The van der Waals surface area contributed by atoms with Crippen LogP contribution in [0.1, 0.15) is 47.1 Å². The molecule has 0 spiro atoms. The second-order valence-corrected chi connectivity index (χ2v) is 12.3. The number of benzene rings is 2. The number of halogens is 2. The molecule has 3 aromatic rings. The number of amides is 1. The van der Waals surface area contributed by atoms with E-state index in [1.54, 1.807) is 24.8 Å². The number of hydrogen-bond acceptors (Lipinski definition) is 8. The van der Waals surface area contributed by atoms with Gasteiger partial charge in [0, 0.05) is 0 Å². The summed E-state index contributed by atoms with van der Waals surface area (Å²) < 4.78 is 53.6. The summed E-state index contributed by atoms with van der Waals surface area (Å²) in [5.41, 5.74) is 1.01. The number of aromatic nitrogens is 1. The fourth-order valence-corrected chi connectivity index (χ4v) is 7.81. The molecule has 10 nitrogen and oxygen atoms in total. The molecule has 1 aromatic heterocycles. The Hall–Kier alpha value is -3.93. The van der Waals surface area contributed by atoms with Gasteiger partial charge in [-0.3, -0.25) is 0 Å². The number of carbonyl (C=O) groups excluding carboxylic acids is 2. The molecule has 0 unspecified atom stereocenters. The molecule has 0 radical (unpaired) electrons. The number of rotatable bonds is 5. The molecule has 0 bridgehead atoms. The van der Waals surface area contributed by atoms with Crippen LogP contribution in [0, 0.1) is 11.6 Å². The van der Waals surface area contributed by atoms with Gasteiger partial charge in [-0.05, 0) is 13.8 Å². The topological polar surface area (TPSA) is 99.5 Å². The first kappa shape index (κ1) is 28.2. The van der Waals surface area contributed by atoms with Gasteiger partial charge in [0.15, 0.2) is 0 Å². The zero-order chi connectivity index (χ0) is 29.5.